The number of phenolic OH excluding ortho intramolecular Hbond substituents is 1. The summed E-state index contributed by atoms with van der Waals surface area (Å²) < 4.78 is 7.68. The van der Waals surface area contributed by atoms with Crippen LogP contribution in [0.4, 0.5) is 11.4 Å². The highest BCUT2D eigenvalue weighted by molar-refractivity contribution is 7.07. The number of fused-ring (bicyclic) bond motifs is 3. The minimum Gasteiger partial charge on any atom is -0.507 e. The summed E-state index contributed by atoms with van der Waals surface area (Å²) in [6, 6.07) is 30.4. The van der Waals surface area contributed by atoms with Gasteiger partial charge in [-0.2, -0.15) is 10.2 Å². The van der Waals surface area contributed by atoms with Crippen molar-refractivity contribution in [2.24, 2.45) is 15.2 Å². The molecule has 1 aliphatic heterocycles. The Morgan fingerprint density at radius 3 is 2.48 bits per heavy atom. The number of hydrogen-bond donors (Lipinski definition) is 1. The Morgan fingerprint density at radius 1 is 0.929 bits per heavy atom. The molecule has 0 bridgehead atoms. The van der Waals surface area contributed by atoms with Crippen LogP contribution in [-0.4, -0.2) is 16.8 Å². The Bertz CT molecular complexity index is 2060. The normalized spacial score (nSPS) is 16.1. The molecule has 8 heteroatoms. The highest BCUT2D eigenvalue weighted by atomic mass is 32.1. The van der Waals surface area contributed by atoms with Gasteiger partial charge in [-0.1, -0.05) is 65.9 Å². The Labute approximate surface area is 245 Å². The van der Waals surface area contributed by atoms with Crippen molar-refractivity contribution >= 4 is 34.5 Å². The van der Waals surface area contributed by atoms with Crippen LogP contribution in [0.15, 0.2) is 123 Å². The molecule has 2 heterocycles. The number of thiazole rings is 1. The van der Waals surface area contributed by atoms with Gasteiger partial charge in [0.2, 0.25) is 0 Å². The SMILES string of the molecule is COc1ccc([C@@H]2C3=C(N=c4s/c(=C\c5ccc(N=Nc6ccccc6)cc5O)c(=O)n42)c2ccccc2CC3)cc1. The molecule has 0 amide bonds. The lowest BCUT2D eigenvalue weighted by Crippen LogP contribution is -2.38. The van der Waals surface area contributed by atoms with Gasteiger partial charge < -0.3 is 9.84 Å². The number of azo groups is 1. The largest absolute Gasteiger partial charge is 0.507 e. The van der Waals surface area contributed by atoms with Crippen molar-refractivity contribution in [1.82, 2.24) is 4.57 Å². The fraction of sp³-hybridized carbons (Fsp3) is 0.118. The Hall–Kier alpha value is -5.08. The van der Waals surface area contributed by atoms with Crippen molar-refractivity contribution < 1.29 is 9.84 Å². The highest BCUT2D eigenvalue weighted by Gasteiger charge is 2.32. The fourth-order valence-electron chi connectivity index (χ4n) is 5.58. The first-order chi connectivity index (χ1) is 20.6. The predicted molar refractivity (Wildman–Crippen MR) is 164 cm³/mol. The van der Waals surface area contributed by atoms with Crippen LogP contribution >= 0.6 is 11.3 Å². The standard InChI is InChI=1S/C34H26N4O3S/c1-41-26-16-12-22(13-17-26)32-28-18-14-21-7-5-6-10-27(21)31(28)35-34-38(32)33(40)30(42-34)19-23-11-15-25(20-29(23)39)37-36-24-8-3-2-4-9-24/h2-13,15-17,19-20,32,39H,14,18H2,1H3/b30-19-,37-36?/t32-/m1/s1. The second-order valence-electron chi connectivity index (χ2n) is 10.2. The lowest BCUT2D eigenvalue weighted by molar-refractivity contribution is 0.414. The van der Waals surface area contributed by atoms with Gasteiger partial charge in [0, 0.05) is 17.2 Å². The number of rotatable bonds is 5. The average molecular weight is 571 g/mol. The molecule has 0 saturated carbocycles. The van der Waals surface area contributed by atoms with Gasteiger partial charge in [-0.15, -0.1) is 0 Å². The van der Waals surface area contributed by atoms with Gasteiger partial charge in [0.25, 0.3) is 5.56 Å². The summed E-state index contributed by atoms with van der Waals surface area (Å²) in [5.41, 5.74) is 7.08. The monoisotopic (exact) mass is 570 g/mol. The van der Waals surface area contributed by atoms with Crippen LogP contribution in [0.25, 0.3) is 11.8 Å². The summed E-state index contributed by atoms with van der Waals surface area (Å²) >= 11 is 1.33. The molecule has 2 aliphatic rings. The Kier molecular flexibility index (Phi) is 6.60. The number of phenols is 1. The number of benzene rings is 4. The van der Waals surface area contributed by atoms with E-state index < -0.39 is 0 Å². The molecule has 7 rings (SSSR count). The van der Waals surface area contributed by atoms with Crippen molar-refractivity contribution in [2.75, 3.05) is 7.11 Å². The first-order valence-corrected chi connectivity index (χ1v) is 14.5. The molecule has 1 N–H and O–H groups in total. The zero-order valence-electron chi connectivity index (χ0n) is 22.8. The van der Waals surface area contributed by atoms with E-state index in [0.717, 1.165) is 46.7 Å². The van der Waals surface area contributed by atoms with Crippen molar-refractivity contribution in [3.63, 3.8) is 0 Å². The summed E-state index contributed by atoms with van der Waals surface area (Å²) in [5, 5.41) is 19.3. The Morgan fingerprint density at radius 2 is 1.69 bits per heavy atom. The molecule has 0 saturated heterocycles. The maximum atomic E-state index is 14.0. The van der Waals surface area contributed by atoms with Crippen LogP contribution in [0.3, 0.4) is 0 Å². The number of aromatic hydroxyl groups is 1. The minimum atomic E-state index is -0.285. The van der Waals surface area contributed by atoms with E-state index in [2.05, 4.69) is 28.4 Å². The molecule has 1 atom stereocenters. The molecule has 42 heavy (non-hydrogen) atoms. The van der Waals surface area contributed by atoms with Crippen molar-refractivity contribution in [3.05, 3.63) is 145 Å². The maximum absolute atomic E-state index is 14.0. The van der Waals surface area contributed by atoms with Crippen LogP contribution in [0, 0.1) is 0 Å². The molecule has 1 aliphatic carbocycles. The Balaban J connectivity index is 1.34. The van der Waals surface area contributed by atoms with Crippen LogP contribution in [-0.2, 0) is 6.42 Å². The minimum absolute atomic E-state index is 0.0188. The number of aromatic nitrogens is 1. The van der Waals surface area contributed by atoms with Crippen molar-refractivity contribution in [2.45, 2.75) is 18.9 Å². The topological polar surface area (TPSA) is 88.5 Å². The van der Waals surface area contributed by atoms with Gasteiger partial charge >= 0.3 is 0 Å². The smallest absolute Gasteiger partial charge is 0.271 e. The average Bonchev–Trinajstić information content (AvgIpc) is 3.34. The molecule has 0 unspecified atom stereocenters. The van der Waals surface area contributed by atoms with E-state index in [-0.39, 0.29) is 17.4 Å². The van der Waals surface area contributed by atoms with E-state index in [0.29, 0.717) is 20.6 Å². The first-order valence-electron chi connectivity index (χ1n) is 13.7. The third kappa shape index (κ3) is 4.65. The number of aryl methyl sites for hydroxylation is 1. The summed E-state index contributed by atoms with van der Waals surface area (Å²) in [6.45, 7) is 0. The molecule has 0 spiro atoms. The zero-order chi connectivity index (χ0) is 28.6. The zero-order valence-corrected chi connectivity index (χ0v) is 23.6. The molecular formula is C34H26N4O3S. The first kappa shape index (κ1) is 25.9. The number of methoxy groups -OCH3 is 1. The lowest BCUT2D eigenvalue weighted by Gasteiger charge is -2.30. The van der Waals surface area contributed by atoms with Crippen LogP contribution in [0.2, 0.25) is 0 Å². The number of nitrogens with zero attached hydrogens (tertiary/aromatic N) is 4. The molecule has 206 valence electrons. The molecular weight excluding hydrogens is 544 g/mol. The van der Waals surface area contributed by atoms with E-state index in [1.54, 1.807) is 36.0 Å². The van der Waals surface area contributed by atoms with Gasteiger partial charge in [-0.25, -0.2) is 4.99 Å². The third-order valence-corrected chi connectivity index (χ3v) is 8.63. The summed E-state index contributed by atoms with van der Waals surface area (Å²) in [7, 11) is 1.64. The number of allylic oxidation sites excluding steroid dienone is 1. The van der Waals surface area contributed by atoms with Gasteiger partial charge in [-0.05, 0) is 72.0 Å². The summed E-state index contributed by atoms with van der Waals surface area (Å²) in [6.07, 6.45) is 3.43. The van der Waals surface area contributed by atoms with Crippen LogP contribution in [0.1, 0.15) is 34.7 Å². The van der Waals surface area contributed by atoms with Crippen LogP contribution in [0.5, 0.6) is 11.5 Å². The van der Waals surface area contributed by atoms with E-state index in [9.17, 15) is 9.90 Å². The molecule has 1 aromatic heterocycles. The van der Waals surface area contributed by atoms with E-state index >= 15 is 0 Å². The summed E-state index contributed by atoms with van der Waals surface area (Å²) in [5.74, 6) is 0.779. The quantitative estimate of drug-likeness (QED) is 0.246. The van der Waals surface area contributed by atoms with E-state index in [1.807, 2.05) is 60.7 Å². The third-order valence-electron chi connectivity index (χ3n) is 7.64. The van der Waals surface area contributed by atoms with Gasteiger partial charge in [0.05, 0.1) is 34.8 Å². The number of ether oxygens (including phenoxy) is 1. The second kappa shape index (κ2) is 10.7. The van der Waals surface area contributed by atoms with E-state index in [4.69, 9.17) is 9.73 Å². The van der Waals surface area contributed by atoms with Gasteiger partial charge in [0.15, 0.2) is 4.80 Å². The van der Waals surface area contributed by atoms with Crippen LogP contribution < -0.4 is 19.6 Å². The summed E-state index contributed by atoms with van der Waals surface area (Å²) in [4.78, 5) is 19.7. The van der Waals surface area contributed by atoms with Gasteiger partial charge in [-0.3, -0.25) is 9.36 Å². The van der Waals surface area contributed by atoms with Crippen molar-refractivity contribution in [3.8, 4) is 11.5 Å². The molecule has 5 aromatic rings. The van der Waals surface area contributed by atoms with Gasteiger partial charge in [0.1, 0.15) is 11.5 Å². The molecule has 0 radical (unpaired) electrons. The lowest BCUT2D eigenvalue weighted by atomic mass is 9.83. The van der Waals surface area contributed by atoms with E-state index in [1.165, 1.54) is 16.9 Å². The molecule has 4 aromatic carbocycles. The second-order valence-corrected chi connectivity index (χ2v) is 11.2. The number of hydrogen-bond acceptors (Lipinski definition) is 7. The molecule has 0 fully saturated rings. The maximum Gasteiger partial charge on any atom is 0.271 e. The van der Waals surface area contributed by atoms with Crippen molar-refractivity contribution in [1.29, 1.82) is 0 Å². The fourth-order valence-corrected chi connectivity index (χ4v) is 6.57. The predicted octanol–water partition coefficient (Wildman–Crippen LogP) is 6.45. The highest BCUT2D eigenvalue weighted by Crippen LogP contribution is 2.41. The molecule has 7 nitrogen and oxygen atoms in total.